The summed E-state index contributed by atoms with van der Waals surface area (Å²) in [5, 5.41) is 14.0. The van der Waals surface area contributed by atoms with Gasteiger partial charge >= 0.3 is 0 Å². The van der Waals surface area contributed by atoms with Gasteiger partial charge in [-0.3, -0.25) is 10.1 Å². The van der Waals surface area contributed by atoms with E-state index in [1.807, 2.05) is 0 Å². The van der Waals surface area contributed by atoms with Crippen LogP contribution in [-0.2, 0) is 6.54 Å². The van der Waals surface area contributed by atoms with Crippen LogP contribution in [0.5, 0.6) is 0 Å². The second-order valence-corrected chi connectivity index (χ2v) is 5.57. The minimum atomic E-state index is -0.448. The molecule has 0 saturated heterocycles. The lowest BCUT2D eigenvalue weighted by molar-refractivity contribution is -0.384. The average Bonchev–Trinajstić information content (AvgIpc) is 2.60. The number of rotatable bonds is 5. The highest BCUT2D eigenvalue weighted by Gasteiger charge is 2.07. The van der Waals surface area contributed by atoms with E-state index in [1.165, 1.54) is 24.3 Å². The van der Waals surface area contributed by atoms with Crippen molar-refractivity contribution in [2.45, 2.75) is 6.54 Å². The summed E-state index contributed by atoms with van der Waals surface area (Å²) in [4.78, 5) is 18.7. The normalized spacial score (nSPS) is 10.5. The van der Waals surface area contributed by atoms with Gasteiger partial charge in [-0.15, -0.1) is 0 Å². The monoisotopic (exact) mass is 358 g/mol. The van der Waals surface area contributed by atoms with Gasteiger partial charge in [0.1, 0.15) is 16.8 Å². The van der Waals surface area contributed by atoms with E-state index < -0.39 is 4.92 Å². The molecular weight excluding hydrogens is 347 g/mol. The Morgan fingerprint density at radius 2 is 1.76 bits per heavy atom. The summed E-state index contributed by atoms with van der Waals surface area (Å²) in [6.07, 6.45) is 0. The van der Waals surface area contributed by atoms with Gasteiger partial charge in [0, 0.05) is 30.3 Å². The first-order valence-electron chi connectivity index (χ1n) is 7.29. The molecule has 8 heteroatoms. The molecule has 1 N–H and O–H groups in total. The Morgan fingerprint density at radius 1 is 1.08 bits per heavy atom. The third kappa shape index (κ3) is 4.27. The van der Waals surface area contributed by atoms with Crippen molar-refractivity contribution in [3.8, 4) is 11.4 Å². The van der Waals surface area contributed by atoms with Crippen LogP contribution in [0.2, 0.25) is 5.15 Å². The third-order valence-electron chi connectivity index (χ3n) is 3.42. The molecule has 0 radical (unpaired) electrons. The highest BCUT2D eigenvalue weighted by molar-refractivity contribution is 6.29. The van der Waals surface area contributed by atoms with E-state index in [4.69, 9.17) is 11.6 Å². The quantitative estimate of drug-likeness (QED) is 0.414. The molecule has 0 aliphatic rings. The molecule has 0 spiro atoms. The Hall–Kier alpha value is -3.06. The van der Waals surface area contributed by atoms with Crippen LogP contribution in [-0.4, -0.2) is 14.9 Å². The number of benzene rings is 2. The molecule has 3 aromatic rings. The first-order valence-corrected chi connectivity index (χ1v) is 7.67. The van der Waals surface area contributed by atoms with Crippen molar-refractivity contribution in [2.24, 2.45) is 0 Å². The van der Waals surface area contributed by atoms with Crippen molar-refractivity contribution in [3.05, 3.63) is 81.2 Å². The van der Waals surface area contributed by atoms with Gasteiger partial charge in [0.2, 0.25) is 0 Å². The van der Waals surface area contributed by atoms with Crippen LogP contribution in [0.15, 0.2) is 54.6 Å². The number of nitro groups is 1. The lowest BCUT2D eigenvalue weighted by Gasteiger charge is -2.08. The molecule has 0 unspecified atom stereocenters. The van der Waals surface area contributed by atoms with E-state index >= 15 is 0 Å². The number of non-ortho nitro benzene ring substituents is 1. The zero-order valence-corrected chi connectivity index (χ0v) is 13.6. The second-order valence-electron chi connectivity index (χ2n) is 5.18. The number of hydrogen-bond acceptors (Lipinski definition) is 5. The smallest absolute Gasteiger partial charge is 0.269 e. The minimum absolute atomic E-state index is 0.0347. The van der Waals surface area contributed by atoms with Crippen LogP contribution in [0.1, 0.15) is 5.56 Å². The Balaban J connectivity index is 1.76. The molecule has 2 aromatic carbocycles. The molecule has 0 aliphatic heterocycles. The van der Waals surface area contributed by atoms with Crippen molar-refractivity contribution in [1.82, 2.24) is 9.97 Å². The van der Waals surface area contributed by atoms with Crippen LogP contribution < -0.4 is 5.32 Å². The Labute approximate surface area is 147 Å². The Bertz CT molecular complexity index is 902. The molecule has 6 nitrogen and oxygen atoms in total. The first kappa shape index (κ1) is 16.8. The summed E-state index contributed by atoms with van der Waals surface area (Å²) >= 11 is 6.03. The standard InChI is InChI=1S/C17H12ClFN4O2/c18-15-9-16(20-10-11-1-7-14(8-2-11)23(24)25)22-17(21-15)12-3-5-13(19)6-4-12/h1-9H,10H2,(H,20,21,22). The van der Waals surface area contributed by atoms with Crippen LogP contribution in [0, 0.1) is 15.9 Å². The molecule has 0 atom stereocenters. The maximum atomic E-state index is 13.0. The molecule has 0 amide bonds. The summed E-state index contributed by atoms with van der Waals surface area (Å²) in [5.41, 5.74) is 1.53. The van der Waals surface area contributed by atoms with Gasteiger partial charge in [-0.2, -0.15) is 0 Å². The third-order valence-corrected chi connectivity index (χ3v) is 3.61. The van der Waals surface area contributed by atoms with Crippen molar-refractivity contribution >= 4 is 23.1 Å². The Kier molecular flexibility index (Phi) is 4.85. The van der Waals surface area contributed by atoms with Crippen molar-refractivity contribution < 1.29 is 9.31 Å². The van der Waals surface area contributed by atoms with E-state index in [0.717, 1.165) is 5.56 Å². The lowest BCUT2D eigenvalue weighted by atomic mass is 10.2. The van der Waals surface area contributed by atoms with E-state index in [9.17, 15) is 14.5 Å². The van der Waals surface area contributed by atoms with E-state index in [0.29, 0.717) is 23.8 Å². The molecule has 1 heterocycles. The van der Waals surface area contributed by atoms with Gasteiger partial charge in [0.05, 0.1) is 4.92 Å². The average molecular weight is 359 g/mol. The highest BCUT2D eigenvalue weighted by Crippen LogP contribution is 2.21. The van der Waals surface area contributed by atoms with Crippen molar-refractivity contribution in [1.29, 1.82) is 0 Å². The molecule has 0 aliphatic carbocycles. The van der Waals surface area contributed by atoms with Gasteiger partial charge in [-0.05, 0) is 29.8 Å². The second kappa shape index (κ2) is 7.23. The topological polar surface area (TPSA) is 81.0 Å². The largest absolute Gasteiger partial charge is 0.366 e. The number of anilines is 1. The fourth-order valence-corrected chi connectivity index (χ4v) is 2.35. The fraction of sp³-hybridized carbons (Fsp3) is 0.0588. The summed E-state index contributed by atoms with van der Waals surface area (Å²) in [7, 11) is 0. The highest BCUT2D eigenvalue weighted by atomic mass is 35.5. The maximum absolute atomic E-state index is 13.0. The minimum Gasteiger partial charge on any atom is -0.366 e. The van der Waals surface area contributed by atoms with Gasteiger partial charge < -0.3 is 5.32 Å². The van der Waals surface area contributed by atoms with Crippen LogP contribution in [0.25, 0.3) is 11.4 Å². The number of nitrogens with one attached hydrogen (secondary N) is 1. The maximum Gasteiger partial charge on any atom is 0.269 e. The van der Waals surface area contributed by atoms with Crippen LogP contribution >= 0.6 is 11.6 Å². The predicted molar refractivity (Wildman–Crippen MR) is 92.9 cm³/mol. The van der Waals surface area contributed by atoms with Crippen LogP contribution in [0.3, 0.4) is 0 Å². The molecule has 1 aromatic heterocycles. The first-order chi connectivity index (χ1) is 12.0. The van der Waals surface area contributed by atoms with Gasteiger partial charge in [-0.1, -0.05) is 23.7 Å². The van der Waals surface area contributed by atoms with E-state index in [1.54, 1.807) is 30.3 Å². The predicted octanol–water partition coefficient (Wildman–Crippen LogP) is 4.46. The van der Waals surface area contributed by atoms with E-state index in [2.05, 4.69) is 15.3 Å². The molecule has 25 heavy (non-hydrogen) atoms. The van der Waals surface area contributed by atoms with Gasteiger partial charge in [0.15, 0.2) is 5.82 Å². The summed E-state index contributed by atoms with van der Waals surface area (Å²) in [5.74, 6) is 0.527. The van der Waals surface area contributed by atoms with Gasteiger partial charge in [0.25, 0.3) is 5.69 Å². The number of halogens is 2. The summed E-state index contributed by atoms with van der Waals surface area (Å²) in [6.45, 7) is 0.411. The summed E-state index contributed by atoms with van der Waals surface area (Å²) in [6, 6.07) is 13.6. The number of nitro benzene ring substituents is 1. The van der Waals surface area contributed by atoms with Crippen LogP contribution in [0.4, 0.5) is 15.9 Å². The molecular formula is C17H12ClFN4O2. The van der Waals surface area contributed by atoms with Crippen molar-refractivity contribution in [2.75, 3.05) is 5.32 Å². The molecule has 0 fully saturated rings. The molecule has 0 bridgehead atoms. The van der Waals surface area contributed by atoms with Gasteiger partial charge in [-0.25, -0.2) is 14.4 Å². The molecule has 126 valence electrons. The molecule has 3 rings (SSSR count). The Morgan fingerprint density at radius 3 is 2.40 bits per heavy atom. The lowest BCUT2D eigenvalue weighted by Crippen LogP contribution is -2.03. The molecule has 0 saturated carbocycles. The van der Waals surface area contributed by atoms with E-state index in [-0.39, 0.29) is 16.7 Å². The fourth-order valence-electron chi connectivity index (χ4n) is 2.16. The number of aromatic nitrogens is 2. The SMILES string of the molecule is O=[N+]([O-])c1ccc(CNc2cc(Cl)nc(-c3ccc(F)cc3)n2)cc1. The van der Waals surface area contributed by atoms with Crippen molar-refractivity contribution in [3.63, 3.8) is 0 Å². The number of nitrogens with zero attached hydrogens (tertiary/aromatic N) is 3. The zero-order valence-electron chi connectivity index (χ0n) is 12.8. The zero-order chi connectivity index (χ0) is 17.8. The summed E-state index contributed by atoms with van der Waals surface area (Å²) < 4.78 is 13.0. The number of hydrogen-bond donors (Lipinski definition) is 1.